The highest BCUT2D eigenvalue weighted by Gasteiger charge is 2.42. The lowest BCUT2D eigenvalue weighted by Crippen LogP contribution is -2.34. The second kappa shape index (κ2) is 5.33. The summed E-state index contributed by atoms with van der Waals surface area (Å²) in [5.41, 5.74) is 0.436. The summed E-state index contributed by atoms with van der Waals surface area (Å²) < 4.78 is 0. The maximum Gasteiger partial charge on any atom is 0.311 e. The van der Waals surface area contributed by atoms with Crippen molar-refractivity contribution >= 4 is 11.9 Å². The summed E-state index contributed by atoms with van der Waals surface area (Å²) in [4.78, 5) is 25.1. The number of amides is 1. The molecule has 1 aliphatic rings. The average Bonchev–Trinajstić information content (AvgIpc) is 2.83. The number of hydrogen-bond donors (Lipinski definition) is 1. The molecule has 0 unspecified atom stereocenters. The summed E-state index contributed by atoms with van der Waals surface area (Å²) in [5.74, 6) is -1.04. The van der Waals surface area contributed by atoms with E-state index < -0.39 is 11.4 Å². The van der Waals surface area contributed by atoms with Crippen molar-refractivity contribution in [1.82, 2.24) is 4.90 Å². The summed E-state index contributed by atoms with van der Waals surface area (Å²) in [7, 11) is 0. The van der Waals surface area contributed by atoms with Gasteiger partial charge in [-0.25, -0.2) is 0 Å². The van der Waals surface area contributed by atoms with E-state index in [4.69, 9.17) is 5.26 Å². The minimum absolute atomic E-state index is 0.172. The lowest BCUT2D eigenvalue weighted by molar-refractivity contribution is -0.147. The van der Waals surface area contributed by atoms with Crippen LogP contribution in [0.25, 0.3) is 0 Å². The summed E-state index contributed by atoms with van der Waals surface area (Å²) in [5, 5.41) is 17.9. The van der Waals surface area contributed by atoms with Gasteiger partial charge in [-0.3, -0.25) is 9.59 Å². The van der Waals surface area contributed by atoms with Crippen LogP contribution in [0.5, 0.6) is 0 Å². The molecular weight excluding hydrogens is 256 g/mol. The normalized spacial score (nSPS) is 21.5. The van der Waals surface area contributed by atoms with Crippen LogP contribution in [-0.4, -0.2) is 35.0 Å². The van der Waals surface area contributed by atoms with Crippen LogP contribution in [0.1, 0.15) is 29.3 Å². The number of carboxylic acids is 1. The number of benzene rings is 1. The van der Waals surface area contributed by atoms with Crippen molar-refractivity contribution in [2.45, 2.75) is 19.8 Å². The maximum absolute atomic E-state index is 12.4. The monoisotopic (exact) mass is 272 g/mol. The number of nitrogens with zero attached hydrogens (tertiary/aromatic N) is 2. The third kappa shape index (κ3) is 2.64. The van der Waals surface area contributed by atoms with Crippen molar-refractivity contribution in [3.05, 3.63) is 35.4 Å². The van der Waals surface area contributed by atoms with E-state index in [1.807, 2.05) is 6.07 Å². The molecule has 1 aromatic carbocycles. The quantitative estimate of drug-likeness (QED) is 0.907. The Morgan fingerprint density at radius 2 is 2.25 bits per heavy atom. The van der Waals surface area contributed by atoms with Crippen LogP contribution in [0, 0.1) is 16.7 Å². The van der Waals surface area contributed by atoms with Crippen LogP contribution >= 0.6 is 0 Å². The first-order valence-corrected chi connectivity index (χ1v) is 6.45. The minimum Gasteiger partial charge on any atom is -0.481 e. The maximum atomic E-state index is 12.4. The van der Waals surface area contributed by atoms with Crippen LogP contribution in [0.4, 0.5) is 0 Å². The Hall–Kier alpha value is -2.35. The van der Waals surface area contributed by atoms with E-state index in [0.29, 0.717) is 18.5 Å². The summed E-state index contributed by atoms with van der Waals surface area (Å²) >= 11 is 0. The second-order valence-corrected chi connectivity index (χ2v) is 5.38. The Morgan fingerprint density at radius 1 is 1.50 bits per heavy atom. The van der Waals surface area contributed by atoms with E-state index in [9.17, 15) is 14.7 Å². The second-order valence-electron chi connectivity index (χ2n) is 5.38. The van der Waals surface area contributed by atoms with Gasteiger partial charge in [0.25, 0.3) is 5.91 Å². The first-order chi connectivity index (χ1) is 9.46. The molecule has 0 aromatic heterocycles. The minimum atomic E-state index is -0.869. The van der Waals surface area contributed by atoms with Gasteiger partial charge in [-0.2, -0.15) is 5.26 Å². The van der Waals surface area contributed by atoms with E-state index in [0.717, 1.165) is 5.56 Å². The van der Waals surface area contributed by atoms with Crippen LogP contribution in [0.2, 0.25) is 0 Å². The van der Waals surface area contributed by atoms with E-state index in [1.165, 1.54) is 0 Å². The highest BCUT2D eigenvalue weighted by atomic mass is 16.4. The van der Waals surface area contributed by atoms with E-state index in [1.54, 1.807) is 36.1 Å². The van der Waals surface area contributed by atoms with Gasteiger partial charge in [0, 0.05) is 18.7 Å². The first kappa shape index (κ1) is 14.1. The Kier molecular flexibility index (Phi) is 3.75. The van der Waals surface area contributed by atoms with E-state index >= 15 is 0 Å². The van der Waals surface area contributed by atoms with Crippen molar-refractivity contribution < 1.29 is 14.7 Å². The Morgan fingerprint density at radius 3 is 2.85 bits per heavy atom. The van der Waals surface area contributed by atoms with Crippen molar-refractivity contribution in [3.8, 4) is 6.07 Å². The molecule has 0 saturated carbocycles. The smallest absolute Gasteiger partial charge is 0.311 e. The fourth-order valence-electron chi connectivity index (χ4n) is 2.40. The lowest BCUT2D eigenvalue weighted by Gasteiger charge is -2.20. The Balaban J connectivity index is 2.15. The molecular formula is C15H16N2O3. The molecule has 104 valence electrons. The van der Waals surface area contributed by atoms with Crippen LogP contribution in [0.15, 0.2) is 24.3 Å². The molecule has 5 nitrogen and oxygen atoms in total. The van der Waals surface area contributed by atoms with Gasteiger partial charge in [-0.15, -0.1) is 0 Å². The third-order valence-electron chi connectivity index (χ3n) is 3.73. The molecule has 0 spiro atoms. The predicted molar refractivity (Wildman–Crippen MR) is 72.0 cm³/mol. The molecule has 0 bridgehead atoms. The van der Waals surface area contributed by atoms with Gasteiger partial charge in [0.1, 0.15) is 0 Å². The molecule has 1 aliphatic heterocycles. The number of carbonyl (C=O) groups is 2. The molecule has 20 heavy (non-hydrogen) atoms. The molecule has 2 rings (SSSR count). The molecule has 1 saturated heterocycles. The standard InChI is InChI=1S/C15H16N2O3/c1-15(14(19)20)6-8-17(10-15)13(18)12-4-2-3-11(9-12)5-7-16/h2-4,9H,5-6,8,10H2,1H3,(H,19,20)/t15-/m1/s1. The number of likely N-dealkylation sites (tertiary alicyclic amines) is 1. The summed E-state index contributed by atoms with van der Waals surface area (Å²) in [6.45, 7) is 2.34. The lowest BCUT2D eigenvalue weighted by atomic mass is 9.90. The number of carbonyl (C=O) groups excluding carboxylic acids is 1. The van der Waals surface area contributed by atoms with Crippen LogP contribution < -0.4 is 0 Å². The molecule has 1 N–H and O–H groups in total. The third-order valence-corrected chi connectivity index (χ3v) is 3.73. The zero-order chi connectivity index (χ0) is 14.8. The molecule has 1 aromatic rings. The van der Waals surface area contributed by atoms with Gasteiger partial charge in [0.2, 0.25) is 0 Å². The van der Waals surface area contributed by atoms with Gasteiger partial charge >= 0.3 is 5.97 Å². The number of hydrogen-bond acceptors (Lipinski definition) is 3. The molecule has 0 aliphatic carbocycles. The fraction of sp³-hybridized carbons (Fsp3) is 0.400. The number of nitriles is 1. The topological polar surface area (TPSA) is 81.4 Å². The zero-order valence-corrected chi connectivity index (χ0v) is 11.3. The predicted octanol–water partition coefficient (Wildman–Crippen LogP) is 1.69. The number of carboxylic acid groups (broad SMARTS) is 1. The van der Waals surface area contributed by atoms with Crippen molar-refractivity contribution in [1.29, 1.82) is 5.26 Å². The van der Waals surface area contributed by atoms with Crippen molar-refractivity contribution in [2.75, 3.05) is 13.1 Å². The number of rotatable bonds is 3. The first-order valence-electron chi connectivity index (χ1n) is 6.45. The Bertz CT molecular complexity index is 591. The largest absolute Gasteiger partial charge is 0.481 e. The van der Waals surface area contributed by atoms with Gasteiger partial charge in [0.05, 0.1) is 17.9 Å². The summed E-state index contributed by atoms with van der Waals surface area (Å²) in [6, 6.07) is 8.97. The number of aliphatic carboxylic acids is 1. The molecule has 0 radical (unpaired) electrons. The molecule has 5 heteroatoms. The Labute approximate surface area is 117 Å². The van der Waals surface area contributed by atoms with Gasteiger partial charge < -0.3 is 10.0 Å². The summed E-state index contributed by atoms with van der Waals surface area (Å²) in [6.07, 6.45) is 0.722. The highest BCUT2D eigenvalue weighted by Crippen LogP contribution is 2.31. The van der Waals surface area contributed by atoms with Gasteiger partial charge in [-0.1, -0.05) is 12.1 Å². The van der Waals surface area contributed by atoms with Gasteiger partial charge in [0.15, 0.2) is 0 Å². The van der Waals surface area contributed by atoms with Crippen molar-refractivity contribution in [2.24, 2.45) is 5.41 Å². The average molecular weight is 272 g/mol. The molecule has 1 atom stereocenters. The van der Waals surface area contributed by atoms with Gasteiger partial charge in [-0.05, 0) is 31.0 Å². The molecule has 1 heterocycles. The fourth-order valence-corrected chi connectivity index (χ4v) is 2.40. The highest BCUT2D eigenvalue weighted by molar-refractivity contribution is 5.95. The van der Waals surface area contributed by atoms with Crippen LogP contribution in [0.3, 0.4) is 0 Å². The van der Waals surface area contributed by atoms with E-state index in [-0.39, 0.29) is 18.9 Å². The molecule has 1 amide bonds. The molecule has 1 fully saturated rings. The van der Waals surface area contributed by atoms with E-state index in [2.05, 4.69) is 0 Å². The van der Waals surface area contributed by atoms with Crippen LogP contribution in [-0.2, 0) is 11.2 Å². The zero-order valence-electron chi connectivity index (χ0n) is 11.3. The van der Waals surface area contributed by atoms with Crippen molar-refractivity contribution in [3.63, 3.8) is 0 Å². The SMILES string of the molecule is C[C@@]1(C(=O)O)CCN(C(=O)c2cccc(CC#N)c2)C1.